The molecule has 0 radical (unpaired) electrons. The zero-order valence-corrected chi connectivity index (χ0v) is 19.8. The largest absolute Gasteiger partial charge is 0.279 e. The summed E-state index contributed by atoms with van der Waals surface area (Å²) < 4.78 is 25.3. The van der Waals surface area contributed by atoms with Crippen LogP contribution in [0.3, 0.4) is 0 Å². The Bertz CT molecular complexity index is 1380. The van der Waals surface area contributed by atoms with E-state index in [2.05, 4.69) is 6.07 Å². The van der Waals surface area contributed by atoms with Gasteiger partial charge in [0.1, 0.15) is 0 Å². The van der Waals surface area contributed by atoms with Gasteiger partial charge in [-0.15, -0.1) is 0 Å². The number of aryl methyl sites for hydroxylation is 2. The average molecular weight is 465 g/mol. The molecule has 0 fully saturated rings. The molecular formula is C25H24N2O3S2. The maximum absolute atomic E-state index is 13.6. The predicted molar refractivity (Wildman–Crippen MR) is 130 cm³/mol. The molecule has 7 heteroatoms. The van der Waals surface area contributed by atoms with Crippen molar-refractivity contribution in [3.8, 4) is 0 Å². The van der Waals surface area contributed by atoms with Crippen LogP contribution in [0.5, 0.6) is 0 Å². The van der Waals surface area contributed by atoms with Crippen molar-refractivity contribution in [3.05, 3.63) is 89.0 Å². The Morgan fingerprint density at radius 3 is 2.34 bits per heavy atom. The number of sulfone groups is 1. The van der Waals surface area contributed by atoms with E-state index in [1.165, 1.54) is 23.5 Å². The van der Waals surface area contributed by atoms with E-state index in [1.807, 2.05) is 50.2 Å². The monoisotopic (exact) mass is 464 g/mol. The van der Waals surface area contributed by atoms with Crippen LogP contribution in [0.4, 0.5) is 5.13 Å². The Hall–Kier alpha value is -3.03. The number of benzene rings is 3. The van der Waals surface area contributed by atoms with Gasteiger partial charge in [0.15, 0.2) is 15.0 Å². The second-order valence-corrected chi connectivity index (χ2v) is 11.0. The predicted octanol–water partition coefficient (Wildman–Crippen LogP) is 5.55. The van der Waals surface area contributed by atoms with Crippen molar-refractivity contribution < 1.29 is 13.2 Å². The molecule has 0 saturated heterocycles. The summed E-state index contributed by atoms with van der Waals surface area (Å²) in [7, 11) is -3.32. The number of fused-ring (bicyclic) bond motifs is 1. The van der Waals surface area contributed by atoms with Crippen molar-refractivity contribution >= 4 is 42.4 Å². The third-order valence-electron chi connectivity index (χ3n) is 5.31. The topological polar surface area (TPSA) is 67.3 Å². The quantitative estimate of drug-likeness (QED) is 0.375. The summed E-state index contributed by atoms with van der Waals surface area (Å²) in [5.41, 5.74) is 4.53. The summed E-state index contributed by atoms with van der Waals surface area (Å²) in [6.45, 7) is 6.05. The molecule has 1 heterocycles. The summed E-state index contributed by atoms with van der Waals surface area (Å²) in [4.78, 5) is 20.2. The van der Waals surface area contributed by atoms with Crippen molar-refractivity contribution in [1.29, 1.82) is 0 Å². The number of carbonyl (C=O) groups is 1. The van der Waals surface area contributed by atoms with E-state index in [0.717, 1.165) is 26.9 Å². The van der Waals surface area contributed by atoms with Gasteiger partial charge < -0.3 is 0 Å². The van der Waals surface area contributed by atoms with Crippen molar-refractivity contribution in [1.82, 2.24) is 4.98 Å². The fourth-order valence-corrected chi connectivity index (χ4v) is 5.50. The maximum Gasteiger partial charge on any atom is 0.260 e. The second-order valence-electron chi connectivity index (χ2n) is 7.73. The van der Waals surface area contributed by atoms with Crippen LogP contribution in [-0.2, 0) is 16.4 Å². The van der Waals surface area contributed by atoms with Gasteiger partial charge in [0.05, 0.1) is 27.4 Å². The summed E-state index contributed by atoms with van der Waals surface area (Å²) in [5.74, 6) is -0.201. The van der Waals surface area contributed by atoms with Crippen LogP contribution in [0.2, 0.25) is 0 Å². The van der Waals surface area contributed by atoms with Crippen molar-refractivity contribution in [2.24, 2.45) is 0 Å². The molecule has 1 amide bonds. The van der Waals surface area contributed by atoms with E-state index >= 15 is 0 Å². The van der Waals surface area contributed by atoms with Gasteiger partial charge in [-0.25, -0.2) is 13.4 Å². The zero-order chi connectivity index (χ0) is 22.9. The highest BCUT2D eigenvalue weighted by Gasteiger charge is 2.23. The fraction of sp³-hybridized carbons (Fsp3) is 0.200. The fourth-order valence-electron chi connectivity index (χ4n) is 3.60. The van der Waals surface area contributed by atoms with E-state index < -0.39 is 9.84 Å². The minimum atomic E-state index is -3.32. The lowest BCUT2D eigenvalue weighted by Gasteiger charge is -2.20. The van der Waals surface area contributed by atoms with Gasteiger partial charge >= 0.3 is 0 Å². The van der Waals surface area contributed by atoms with Crippen LogP contribution < -0.4 is 4.90 Å². The first-order chi connectivity index (χ1) is 15.3. The van der Waals surface area contributed by atoms with Crippen molar-refractivity contribution in [2.45, 2.75) is 32.2 Å². The summed E-state index contributed by atoms with van der Waals surface area (Å²) in [6.07, 6.45) is 0. The zero-order valence-electron chi connectivity index (χ0n) is 18.2. The van der Waals surface area contributed by atoms with Crippen LogP contribution in [-0.4, -0.2) is 25.1 Å². The van der Waals surface area contributed by atoms with E-state index in [9.17, 15) is 13.2 Å². The molecule has 0 unspecified atom stereocenters. The first-order valence-corrected chi connectivity index (χ1v) is 12.8. The molecule has 5 nitrogen and oxygen atoms in total. The van der Waals surface area contributed by atoms with Gasteiger partial charge in [-0.1, -0.05) is 54.7 Å². The third-order valence-corrected chi connectivity index (χ3v) is 8.29. The number of carbonyl (C=O) groups excluding carboxylic acids is 1. The van der Waals surface area contributed by atoms with E-state index in [1.54, 1.807) is 24.0 Å². The van der Waals surface area contributed by atoms with Crippen molar-refractivity contribution in [2.75, 3.05) is 10.7 Å². The molecular weight excluding hydrogens is 440 g/mol. The molecule has 4 aromatic rings. The highest BCUT2D eigenvalue weighted by Crippen LogP contribution is 2.33. The van der Waals surface area contributed by atoms with Gasteiger partial charge in [0.2, 0.25) is 0 Å². The standard InChI is InChI=1S/C25H24N2O3S2/c1-4-32(29,30)21-12-10-20(11-13-21)24(28)27(16-19-8-6-5-7-9-19)25-26-22-15-17(2)14-18(3)23(22)31-25/h5-15H,4,16H2,1-3H3. The smallest absolute Gasteiger partial charge is 0.260 e. The van der Waals surface area contributed by atoms with Gasteiger partial charge in [-0.2, -0.15) is 0 Å². The molecule has 0 aliphatic rings. The molecule has 0 N–H and O–H groups in total. The molecule has 4 rings (SSSR count). The number of aromatic nitrogens is 1. The lowest BCUT2D eigenvalue weighted by atomic mass is 10.1. The van der Waals surface area contributed by atoms with Crippen LogP contribution in [0, 0.1) is 13.8 Å². The van der Waals surface area contributed by atoms with Gasteiger partial charge in [-0.05, 0) is 60.9 Å². The maximum atomic E-state index is 13.6. The Morgan fingerprint density at radius 1 is 1.00 bits per heavy atom. The Balaban J connectivity index is 1.76. The van der Waals surface area contributed by atoms with E-state index in [0.29, 0.717) is 17.2 Å². The summed E-state index contributed by atoms with van der Waals surface area (Å²) >= 11 is 1.49. The average Bonchev–Trinajstić information content (AvgIpc) is 3.22. The number of hydrogen-bond donors (Lipinski definition) is 0. The molecule has 0 atom stereocenters. The molecule has 164 valence electrons. The number of hydrogen-bond acceptors (Lipinski definition) is 5. The molecule has 32 heavy (non-hydrogen) atoms. The molecule has 0 aliphatic carbocycles. The second kappa shape index (κ2) is 8.84. The van der Waals surface area contributed by atoms with Gasteiger partial charge in [0, 0.05) is 5.56 Å². The third kappa shape index (κ3) is 4.45. The number of rotatable bonds is 6. The minimum Gasteiger partial charge on any atom is -0.279 e. The number of anilines is 1. The molecule has 1 aromatic heterocycles. The van der Waals surface area contributed by atoms with Crippen LogP contribution in [0.15, 0.2) is 71.6 Å². The number of thiazole rings is 1. The molecule has 0 aliphatic heterocycles. The molecule has 0 bridgehead atoms. The Kier molecular flexibility index (Phi) is 6.13. The molecule has 0 saturated carbocycles. The Labute approximate surface area is 192 Å². The molecule has 3 aromatic carbocycles. The van der Waals surface area contributed by atoms with E-state index in [-0.39, 0.29) is 16.6 Å². The highest BCUT2D eigenvalue weighted by molar-refractivity contribution is 7.91. The SMILES string of the molecule is CCS(=O)(=O)c1ccc(C(=O)N(Cc2ccccc2)c2nc3cc(C)cc(C)c3s2)cc1. The van der Waals surface area contributed by atoms with Crippen LogP contribution in [0.25, 0.3) is 10.2 Å². The van der Waals surface area contributed by atoms with Gasteiger partial charge in [0.25, 0.3) is 5.91 Å². The number of nitrogens with zero attached hydrogens (tertiary/aromatic N) is 2. The van der Waals surface area contributed by atoms with Crippen LogP contribution >= 0.6 is 11.3 Å². The van der Waals surface area contributed by atoms with Crippen molar-refractivity contribution in [3.63, 3.8) is 0 Å². The van der Waals surface area contributed by atoms with E-state index in [4.69, 9.17) is 4.98 Å². The lowest BCUT2D eigenvalue weighted by Crippen LogP contribution is -2.30. The minimum absolute atomic E-state index is 0.0187. The molecule has 0 spiro atoms. The van der Waals surface area contributed by atoms with Gasteiger partial charge in [-0.3, -0.25) is 9.69 Å². The normalized spacial score (nSPS) is 11.6. The number of amides is 1. The highest BCUT2D eigenvalue weighted by atomic mass is 32.2. The summed E-state index contributed by atoms with van der Waals surface area (Å²) in [5, 5.41) is 0.618. The van der Waals surface area contributed by atoms with Crippen LogP contribution in [0.1, 0.15) is 34.0 Å². The Morgan fingerprint density at radius 2 is 1.69 bits per heavy atom. The first-order valence-electron chi connectivity index (χ1n) is 10.3. The first kappa shape index (κ1) is 22.2. The summed E-state index contributed by atoms with van der Waals surface area (Å²) in [6, 6.07) is 20.0. The lowest BCUT2D eigenvalue weighted by molar-refractivity contribution is 0.0985.